The molecule has 9 heteroatoms. The van der Waals surface area contributed by atoms with Crippen molar-refractivity contribution in [2.24, 2.45) is 12.8 Å². The number of benzene rings is 1. The number of carbonyl (C=O) groups is 1. The van der Waals surface area contributed by atoms with Gasteiger partial charge in [-0.3, -0.25) is 4.68 Å². The fourth-order valence-electron chi connectivity index (χ4n) is 3.00. The molecule has 0 saturated carbocycles. The molecule has 6 nitrogen and oxygen atoms in total. The normalized spacial score (nSPS) is 18.0. The third-order valence-corrected chi connectivity index (χ3v) is 4.35. The third kappa shape index (κ3) is 3.98. The molecular formula is C17H20F3N5O. The van der Waals surface area contributed by atoms with E-state index in [0.29, 0.717) is 30.0 Å². The Morgan fingerprint density at radius 2 is 2.00 bits per heavy atom. The van der Waals surface area contributed by atoms with Crippen LogP contribution in [-0.4, -0.2) is 39.8 Å². The quantitative estimate of drug-likeness (QED) is 0.857. The molecule has 0 aliphatic carbocycles. The van der Waals surface area contributed by atoms with Crippen LogP contribution in [0.15, 0.2) is 30.3 Å². The number of aryl methyl sites for hydroxylation is 1. The van der Waals surface area contributed by atoms with E-state index in [1.54, 1.807) is 29.2 Å². The molecule has 0 spiro atoms. The van der Waals surface area contributed by atoms with Gasteiger partial charge in [-0.15, -0.1) is 0 Å². The van der Waals surface area contributed by atoms with Gasteiger partial charge in [0.05, 0.1) is 5.69 Å². The fraction of sp³-hybridized carbons (Fsp3) is 0.412. The standard InChI is InChI=1S/C17H20F3N5O/c1-24-14(9-15(23-24)17(18,19)20)11-4-6-13(7-5-11)22-16(26)25-8-2-3-12(21)10-25/h4-7,9,12H,2-3,8,10,21H2,1H3,(H,22,26). The Labute approximate surface area is 148 Å². The number of piperidine rings is 1. The minimum Gasteiger partial charge on any atom is -0.326 e. The van der Waals surface area contributed by atoms with Crippen LogP contribution in [0.2, 0.25) is 0 Å². The highest BCUT2D eigenvalue weighted by atomic mass is 19.4. The average molecular weight is 367 g/mol. The second-order valence-electron chi connectivity index (χ2n) is 6.39. The zero-order valence-corrected chi connectivity index (χ0v) is 14.3. The molecule has 1 fully saturated rings. The van der Waals surface area contributed by atoms with Crippen molar-refractivity contribution in [2.75, 3.05) is 18.4 Å². The lowest BCUT2D eigenvalue weighted by Crippen LogP contribution is -2.47. The first-order valence-electron chi connectivity index (χ1n) is 8.27. The van der Waals surface area contributed by atoms with Gasteiger partial charge in [0.2, 0.25) is 0 Å². The molecule has 2 aromatic rings. The lowest BCUT2D eigenvalue weighted by molar-refractivity contribution is -0.141. The highest BCUT2D eigenvalue weighted by Crippen LogP contribution is 2.31. The molecule has 0 bridgehead atoms. The van der Waals surface area contributed by atoms with Crippen LogP contribution in [0.5, 0.6) is 0 Å². The van der Waals surface area contributed by atoms with E-state index in [2.05, 4.69) is 10.4 Å². The van der Waals surface area contributed by atoms with Gasteiger partial charge in [-0.1, -0.05) is 12.1 Å². The number of aromatic nitrogens is 2. The van der Waals surface area contributed by atoms with E-state index >= 15 is 0 Å². The van der Waals surface area contributed by atoms with Crippen LogP contribution in [0.3, 0.4) is 0 Å². The van der Waals surface area contributed by atoms with Gasteiger partial charge in [0.25, 0.3) is 0 Å². The number of amides is 2. The van der Waals surface area contributed by atoms with Crippen molar-refractivity contribution in [1.29, 1.82) is 0 Å². The number of urea groups is 1. The van der Waals surface area contributed by atoms with Crippen molar-refractivity contribution in [1.82, 2.24) is 14.7 Å². The Balaban J connectivity index is 1.71. The zero-order valence-electron chi connectivity index (χ0n) is 14.3. The molecule has 140 valence electrons. The van der Waals surface area contributed by atoms with E-state index in [1.165, 1.54) is 11.7 Å². The number of hydrogen-bond acceptors (Lipinski definition) is 3. The Bertz CT molecular complexity index is 785. The number of rotatable bonds is 2. The van der Waals surface area contributed by atoms with Gasteiger partial charge < -0.3 is 16.0 Å². The summed E-state index contributed by atoms with van der Waals surface area (Å²) in [6.07, 6.45) is -2.71. The highest BCUT2D eigenvalue weighted by molar-refractivity contribution is 5.89. The van der Waals surface area contributed by atoms with Crippen molar-refractivity contribution < 1.29 is 18.0 Å². The topological polar surface area (TPSA) is 76.2 Å². The molecule has 1 atom stereocenters. The smallest absolute Gasteiger partial charge is 0.326 e. The van der Waals surface area contributed by atoms with E-state index in [4.69, 9.17) is 5.73 Å². The summed E-state index contributed by atoms with van der Waals surface area (Å²) < 4.78 is 39.5. The SMILES string of the molecule is Cn1nc(C(F)(F)F)cc1-c1ccc(NC(=O)N2CCCC(N)C2)cc1. The first-order chi connectivity index (χ1) is 12.2. The predicted octanol–water partition coefficient (Wildman–Crippen LogP) is 3.06. The van der Waals surface area contributed by atoms with Crippen molar-refractivity contribution in [3.8, 4) is 11.3 Å². The second-order valence-corrected chi connectivity index (χ2v) is 6.39. The largest absolute Gasteiger partial charge is 0.435 e. The Kier molecular flexibility index (Phi) is 4.90. The number of nitrogens with two attached hydrogens (primary N) is 1. The average Bonchev–Trinajstić information content (AvgIpc) is 2.98. The number of alkyl halides is 3. The molecule has 1 aliphatic rings. The van der Waals surface area contributed by atoms with Crippen LogP contribution in [-0.2, 0) is 13.2 Å². The lowest BCUT2D eigenvalue weighted by Gasteiger charge is -2.30. The lowest BCUT2D eigenvalue weighted by atomic mass is 10.1. The molecule has 2 amide bonds. The molecule has 26 heavy (non-hydrogen) atoms. The van der Waals surface area contributed by atoms with E-state index in [0.717, 1.165) is 18.9 Å². The number of hydrogen-bond donors (Lipinski definition) is 2. The van der Waals surface area contributed by atoms with Gasteiger partial charge in [0.15, 0.2) is 5.69 Å². The van der Waals surface area contributed by atoms with E-state index < -0.39 is 11.9 Å². The summed E-state index contributed by atoms with van der Waals surface area (Å²) in [7, 11) is 1.46. The molecule has 3 rings (SSSR count). The van der Waals surface area contributed by atoms with Crippen molar-refractivity contribution in [2.45, 2.75) is 25.1 Å². The zero-order chi connectivity index (χ0) is 18.9. The molecule has 1 aromatic carbocycles. The van der Waals surface area contributed by atoms with Crippen molar-refractivity contribution in [3.05, 3.63) is 36.0 Å². The maximum atomic E-state index is 12.8. The summed E-state index contributed by atoms with van der Waals surface area (Å²) in [6, 6.07) is 7.36. The van der Waals surface area contributed by atoms with Crippen LogP contribution < -0.4 is 11.1 Å². The summed E-state index contributed by atoms with van der Waals surface area (Å²) in [5, 5.41) is 6.28. The number of nitrogens with one attached hydrogen (secondary N) is 1. The second kappa shape index (κ2) is 6.99. The number of carbonyl (C=O) groups excluding carboxylic acids is 1. The Morgan fingerprint density at radius 3 is 2.58 bits per heavy atom. The van der Waals surface area contributed by atoms with E-state index in [1.807, 2.05) is 0 Å². The van der Waals surface area contributed by atoms with E-state index in [9.17, 15) is 18.0 Å². The van der Waals surface area contributed by atoms with Crippen LogP contribution in [0, 0.1) is 0 Å². The van der Waals surface area contributed by atoms with Gasteiger partial charge >= 0.3 is 12.2 Å². The van der Waals surface area contributed by atoms with Gasteiger partial charge in [0.1, 0.15) is 0 Å². The van der Waals surface area contributed by atoms with Gasteiger partial charge in [-0.05, 0) is 36.6 Å². The molecule has 0 radical (unpaired) electrons. The maximum absolute atomic E-state index is 12.8. The van der Waals surface area contributed by atoms with Crippen LogP contribution in [0.4, 0.5) is 23.7 Å². The molecule has 1 unspecified atom stereocenters. The summed E-state index contributed by atoms with van der Waals surface area (Å²) in [4.78, 5) is 13.9. The van der Waals surface area contributed by atoms with Crippen molar-refractivity contribution in [3.63, 3.8) is 0 Å². The third-order valence-electron chi connectivity index (χ3n) is 4.35. The van der Waals surface area contributed by atoms with Crippen LogP contribution >= 0.6 is 0 Å². The predicted molar refractivity (Wildman–Crippen MR) is 91.4 cm³/mol. The number of nitrogens with zero attached hydrogens (tertiary/aromatic N) is 3. The first kappa shape index (κ1) is 18.2. The molecule has 1 aliphatic heterocycles. The minimum atomic E-state index is -4.49. The molecule has 2 heterocycles. The molecular weight excluding hydrogens is 347 g/mol. The summed E-state index contributed by atoms with van der Waals surface area (Å²) in [5.74, 6) is 0. The van der Waals surface area contributed by atoms with Crippen LogP contribution in [0.25, 0.3) is 11.3 Å². The fourth-order valence-corrected chi connectivity index (χ4v) is 3.00. The molecule has 1 saturated heterocycles. The Morgan fingerprint density at radius 1 is 1.31 bits per heavy atom. The maximum Gasteiger partial charge on any atom is 0.435 e. The van der Waals surface area contributed by atoms with Crippen LogP contribution in [0.1, 0.15) is 18.5 Å². The summed E-state index contributed by atoms with van der Waals surface area (Å²) >= 11 is 0. The van der Waals surface area contributed by atoms with E-state index in [-0.39, 0.29) is 12.1 Å². The Hall–Kier alpha value is -2.55. The van der Waals surface area contributed by atoms with Gasteiger partial charge in [-0.25, -0.2) is 4.79 Å². The van der Waals surface area contributed by atoms with Gasteiger partial charge in [0, 0.05) is 31.9 Å². The highest BCUT2D eigenvalue weighted by Gasteiger charge is 2.34. The molecule has 3 N–H and O–H groups in total. The summed E-state index contributed by atoms with van der Waals surface area (Å²) in [6.45, 7) is 1.17. The molecule has 1 aromatic heterocycles. The minimum absolute atomic E-state index is 0.00968. The van der Waals surface area contributed by atoms with Crippen molar-refractivity contribution >= 4 is 11.7 Å². The first-order valence-corrected chi connectivity index (χ1v) is 8.27. The number of halogens is 3. The van der Waals surface area contributed by atoms with Gasteiger partial charge in [-0.2, -0.15) is 18.3 Å². The monoisotopic (exact) mass is 367 g/mol. The number of likely N-dealkylation sites (tertiary alicyclic amines) is 1. The number of anilines is 1. The summed E-state index contributed by atoms with van der Waals surface area (Å²) in [5.41, 5.74) is 6.43.